The Hall–Kier alpha value is -4.04. The Morgan fingerprint density at radius 2 is 1.62 bits per heavy atom. The number of methoxy groups -OCH3 is 1. The van der Waals surface area contributed by atoms with Gasteiger partial charge in [-0.05, 0) is 98.3 Å². The van der Waals surface area contributed by atoms with Crippen LogP contribution in [0.3, 0.4) is 0 Å². The normalized spacial score (nSPS) is 11.0. The fraction of sp³-hybridized carbons (Fsp3) is 0.241. The first-order valence-corrected chi connectivity index (χ1v) is 11.1. The van der Waals surface area contributed by atoms with Gasteiger partial charge in [-0.15, -0.1) is 0 Å². The minimum atomic E-state index is -0.463. The SMILES string of the molecule is COc1cc(/C=C(\C#N)C(=O)Nc2ccc(C)c(C)c2)ccc1OCc1c(C)cc(C)cc1C. The molecule has 34 heavy (non-hydrogen) atoms. The molecule has 0 aliphatic rings. The van der Waals surface area contributed by atoms with Crippen molar-refractivity contribution in [3.8, 4) is 17.6 Å². The van der Waals surface area contributed by atoms with Gasteiger partial charge in [-0.25, -0.2) is 0 Å². The summed E-state index contributed by atoms with van der Waals surface area (Å²) in [4.78, 5) is 12.7. The van der Waals surface area contributed by atoms with Crippen LogP contribution in [0.15, 0.2) is 54.1 Å². The van der Waals surface area contributed by atoms with Crippen LogP contribution in [0, 0.1) is 45.9 Å². The monoisotopic (exact) mass is 454 g/mol. The largest absolute Gasteiger partial charge is 0.493 e. The number of aryl methyl sites for hydroxylation is 5. The number of hydrogen-bond acceptors (Lipinski definition) is 4. The molecule has 0 unspecified atom stereocenters. The van der Waals surface area contributed by atoms with Crippen molar-refractivity contribution in [1.82, 2.24) is 0 Å². The van der Waals surface area contributed by atoms with Crippen LogP contribution >= 0.6 is 0 Å². The van der Waals surface area contributed by atoms with Crippen LogP contribution in [-0.2, 0) is 11.4 Å². The highest BCUT2D eigenvalue weighted by Gasteiger charge is 2.13. The lowest BCUT2D eigenvalue weighted by molar-refractivity contribution is -0.112. The van der Waals surface area contributed by atoms with Crippen molar-refractivity contribution in [2.45, 2.75) is 41.2 Å². The third-order valence-electron chi connectivity index (χ3n) is 5.84. The van der Waals surface area contributed by atoms with E-state index in [2.05, 4.69) is 38.2 Å². The van der Waals surface area contributed by atoms with Gasteiger partial charge in [0.15, 0.2) is 11.5 Å². The lowest BCUT2D eigenvalue weighted by Gasteiger charge is -2.15. The summed E-state index contributed by atoms with van der Waals surface area (Å²) < 4.78 is 11.6. The first-order chi connectivity index (χ1) is 16.2. The highest BCUT2D eigenvalue weighted by molar-refractivity contribution is 6.09. The Morgan fingerprint density at radius 3 is 2.24 bits per heavy atom. The molecule has 174 valence electrons. The molecule has 0 atom stereocenters. The Labute approximate surface area is 201 Å². The van der Waals surface area contributed by atoms with Gasteiger partial charge in [0.1, 0.15) is 18.2 Å². The first-order valence-electron chi connectivity index (χ1n) is 11.1. The molecule has 0 aromatic heterocycles. The van der Waals surface area contributed by atoms with Crippen molar-refractivity contribution >= 4 is 17.7 Å². The number of nitrogens with one attached hydrogen (secondary N) is 1. The summed E-state index contributed by atoms with van der Waals surface area (Å²) >= 11 is 0. The van der Waals surface area contributed by atoms with E-state index in [4.69, 9.17) is 9.47 Å². The first kappa shape index (κ1) is 24.6. The predicted octanol–water partition coefficient (Wildman–Crippen LogP) is 6.36. The number of rotatable bonds is 7. The van der Waals surface area contributed by atoms with Gasteiger partial charge in [0.05, 0.1) is 7.11 Å². The molecule has 0 aliphatic carbocycles. The van der Waals surface area contributed by atoms with Crippen LogP contribution in [0.4, 0.5) is 5.69 Å². The molecule has 0 fully saturated rings. The van der Waals surface area contributed by atoms with Crippen LogP contribution in [0.25, 0.3) is 6.08 Å². The molecule has 0 radical (unpaired) electrons. The smallest absolute Gasteiger partial charge is 0.266 e. The quantitative estimate of drug-likeness (QED) is 0.333. The van der Waals surface area contributed by atoms with Crippen LogP contribution in [0.1, 0.15) is 38.9 Å². The molecule has 3 aromatic carbocycles. The number of ether oxygens (including phenoxy) is 2. The number of amides is 1. The Kier molecular flexibility index (Phi) is 7.75. The summed E-state index contributed by atoms with van der Waals surface area (Å²) in [6, 6.07) is 17.3. The second-order valence-electron chi connectivity index (χ2n) is 8.50. The number of benzene rings is 3. The van der Waals surface area contributed by atoms with Crippen molar-refractivity contribution in [3.05, 3.63) is 93.0 Å². The van der Waals surface area contributed by atoms with Crippen LogP contribution in [0.5, 0.6) is 11.5 Å². The standard InChI is InChI=1S/C29H30N2O3/c1-18-11-21(4)26(22(5)12-18)17-34-27-10-8-23(15-28(27)33-6)14-24(16-30)29(32)31-25-9-7-19(2)20(3)13-25/h7-15H,17H2,1-6H3,(H,31,32)/b24-14+. The van der Waals surface area contributed by atoms with Gasteiger partial charge in [0, 0.05) is 5.69 Å². The maximum absolute atomic E-state index is 12.7. The molecule has 0 saturated carbocycles. The van der Waals surface area contributed by atoms with Gasteiger partial charge in [-0.1, -0.05) is 29.8 Å². The zero-order chi connectivity index (χ0) is 24.8. The minimum Gasteiger partial charge on any atom is -0.493 e. The summed E-state index contributed by atoms with van der Waals surface area (Å²) in [5.74, 6) is 0.663. The number of hydrogen-bond donors (Lipinski definition) is 1. The maximum atomic E-state index is 12.7. The van der Waals surface area contributed by atoms with E-state index in [1.807, 2.05) is 38.1 Å². The van der Waals surface area contributed by atoms with Gasteiger partial charge < -0.3 is 14.8 Å². The van der Waals surface area contributed by atoms with Crippen LogP contribution < -0.4 is 14.8 Å². The van der Waals surface area contributed by atoms with Gasteiger partial charge in [-0.2, -0.15) is 5.26 Å². The number of nitrogens with zero attached hydrogens (tertiary/aromatic N) is 1. The average molecular weight is 455 g/mol. The summed E-state index contributed by atoms with van der Waals surface area (Å²) in [6.07, 6.45) is 1.54. The van der Waals surface area contributed by atoms with E-state index >= 15 is 0 Å². The summed E-state index contributed by atoms with van der Waals surface area (Å²) in [5.41, 5.74) is 8.26. The highest BCUT2D eigenvalue weighted by atomic mass is 16.5. The summed E-state index contributed by atoms with van der Waals surface area (Å²) in [6.45, 7) is 10.6. The molecule has 0 bridgehead atoms. The van der Waals surface area contributed by atoms with E-state index in [1.165, 1.54) is 22.8 Å². The van der Waals surface area contributed by atoms with E-state index in [1.54, 1.807) is 25.3 Å². The van der Waals surface area contributed by atoms with Crippen molar-refractivity contribution in [3.63, 3.8) is 0 Å². The van der Waals surface area contributed by atoms with Crippen LogP contribution in [0.2, 0.25) is 0 Å². The highest BCUT2D eigenvalue weighted by Crippen LogP contribution is 2.30. The van der Waals surface area contributed by atoms with Crippen LogP contribution in [-0.4, -0.2) is 13.0 Å². The Balaban J connectivity index is 1.78. The maximum Gasteiger partial charge on any atom is 0.266 e. The fourth-order valence-electron chi connectivity index (χ4n) is 3.81. The Morgan fingerprint density at radius 1 is 0.912 bits per heavy atom. The van der Waals surface area contributed by atoms with E-state index in [0.29, 0.717) is 29.4 Å². The third kappa shape index (κ3) is 5.85. The third-order valence-corrected chi connectivity index (χ3v) is 5.84. The molecule has 0 aliphatic heterocycles. The lowest BCUT2D eigenvalue weighted by atomic mass is 10.0. The molecule has 0 spiro atoms. The van der Waals surface area contributed by atoms with E-state index in [9.17, 15) is 10.1 Å². The number of carbonyl (C=O) groups is 1. The lowest BCUT2D eigenvalue weighted by Crippen LogP contribution is -2.13. The molecule has 3 rings (SSSR count). The molecule has 5 nitrogen and oxygen atoms in total. The molecule has 5 heteroatoms. The fourth-order valence-corrected chi connectivity index (χ4v) is 3.81. The van der Waals surface area contributed by atoms with E-state index in [-0.39, 0.29) is 5.57 Å². The molecule has 0 heterocycles. The van der Waals surface area contributed by atoms with Crippen molar-refractivity contribution in [2.24, 2.45) is 0 Å². The van der Waals surface area contributed by atoms with Crippen molar-refractivity contribution < 1.29 is 14.3 Å². The predicted molar refractivity (Wildman–Crippen MR) is 136 cm³/mol. The second-order valence-corrected chi connectivity index (χ2v) is 8.50. The second kappa shape index (κ2) is 10.7. The molecular formula is C29H30N2O3. The number of nitriles is 1. The number of carbonyl (C=O) groups excluding carboxylic acids is 1. The summed E-state index contributed by atoms with van der Waals surface area (Å²) in [7, 11) is 1.57. The number of anilines is 1. The van der Waals surface area contributed by atoms with E-state index in [0.717, 1.165) is 16.7 Å². The molecular weight excluding hydrogens is 424 g/mol. The average Bonchev–Trinajstić information content (AvgIpc) is 2.79. The van der Waals surface area contributed by atoms with Gasteiger partial charge >= 0.3 is 0 Å². The topological polar surface area (TPSA) is 71.3 Å². The molecule has 1 N–H and O–H groups in total. The van der Waals surface area contributed by atoms with E-state index < -0.39 is 5.91 Å². The van der Waals surface area contributed by atoms with Crippen molar-refractivity contribution in [2.75, 3.05) is 12.4 Å². The molecule has 0 saturated heterocycles. The minimum absolute atomic E-state index is 0.000135. The van der Waals surface area contributed by atoms with Gasteiger partial charge in [-0.3, -0.25) is 4.79 Å². The Bertz CT molecular complexity index is 1280. The zero-order valence-corrected chi connectivity index (χ0v) is 20.6. The van der Waals surface area contributed by atoms with Gasteiger partial charge in [0.2, 0.25) is 0 Å². The summed E-state index contributed by atoms with van der Waals surface area (Å²) in [5, 5.41) is 12.4. The van der Waals surface area contributed by atoms with Crippen molar-refractivity contribution in [1.29, 1.82) is 5.26 Å². The zero-order valence-electron chi connectivity index (χ0n) is 20.6. The van der Waals surface area contributed by atoms with Gasteiger partial charge in [0.25, 0.3) is 5.91 Å². The molecule has 3 aromatic rings. The molecule has 1 amide bonds.